The predicted molar refractivity (Wildman–Crippen MR) is 224 cm³/mol. The number of esters is 2. The SMILES string of the molecule is CC(C)CCCCCCCCCCCCCCCCCCCCC(=O)OC[C@H](CO)OC(=O)CCCCCCCCCCCCCCCCC(C)C. The van der Waals surface area contributed by atoms with Crippen LogP contribution in [0.3, 0.4) is 0 Å². The molecule has 0 rings (SSSR count). The molecule has 0 aromatic rings. The Hall–Kier alpha value is -1.10. The van der Waals surface area contributed by atoms with Crippen LogP contribution >= 0.6 is 0 Å². The number of hydrogen-bond donors (Lipinski definition) is 1. The van der Waals surface area contributed by atoms with Crippen molar-refractivity contribution in [2.45, 2.75) is 265 Å². The molecule has 0 amide bonds. The molecule has 1 N–H and O–H groups in total. The minimum Gasteiger partial charge on any atom is -0.462 e. The molecule has 0 aliphatic heterocycles. The highest BCUT2D eigenvalue weighted by molar-refractivity contribution is 5.70. The van der Waals surface area contributed by atoms with Gasteiger partial charge in [0.25, 0.3) is 0 Å². The zero-order valence-corrected chi connectivity index (χ0v) is 35.7. The lowest BCUT2D eigenvalue weighted by Crippen LogP contribution is -2.28. The maximum absolute atomic E-state index is 12.2. The van der Waals surface area contributed by atoms with Gasteiger partial charge in [-0.25, -0.2) is 0 Å². The molecule has 310 valence electrons. The van der Waals surface area contributed by atoms with Gasteiger partial charge < -0.3 is 14.6 Å². The Kier molecular flexibility index (Phi) is 40.2. The van der Waals surface area contributed by atoms with Crippen LogP contribution in [0.2, 0.25) is 0 Å². The maximum Gasteiger partial charge on any atom is 0.306 e. The number of ether oxygens (including phenoxy) is 2. The summed E-state index contributed by atoms with van der Waals surface area (Å²) in [6, 6.07) is 0. The van der Waals surface area contributed by atoms with E-state index in [0.717, 1.165) is 43.9 Å². The summed E-state index contributed by atoms with van der Waals surface area (Å²) < 4.78 is 10.7. The molecule has 1 atom stereocenters. The van der Waals surface area contributed by atoms with Gasteiger partial charge in [0.15, 0.2) is 6.10 Å². The second-order valence-electron chi connectivity index (χ2n) is 17.2. The highest BCUT2D eigenvalue weighted by atomic mass is 16.6. The van der Waals surface area contributed by atoms with Crippen LogP contribution in [0, 0.1) is 11.8 Å². The molecule has 52 heavy (non-hydrogen) atoms. The lowest BCUT2D eigenvalue weighted by atomic mass is 10.0. The number of rotatable bonds is 42. The molecule has 0 aromatic heterocycles. The van der Waals surface area contributed by atoms with Crippen LogP contribution in [0.5, 0.6) is 0 Å². The molecule has 0 saturated heterocycles. The van der Waals surface area contributed by atoms with Crippen molar-refractivity contribution in [2.24, 2.45) is 11.8 Å². The molecular weight excluding hydrogens is 645 g/mol. The second-order valence-corrected chi connectivity index (χ2v) is 17.2. The Balaban J connectivity index is 3.45. The van der Waals surface area contributed by atoms with Crippen LogP contribution in [0.4, 0.5) is 0 Å². The van der Waals surface area contributed by atoms with E-state index >= 15 is 0 Å². The van der Waals surface area contributed by atoms with Gasteiger partial charge in [-0.1, -0.05) is 233 Å². The van der Waals surface area contributed by atoms with Crippen molar-refractivity contribution in [1.29, 1.82) is 0 Å². The fourth-order valence-corrected chi connectivity index (χ4v) is 7.22. The molecule has 5 heteroatoms. The van der Waals surface area contributed by atoms with Gasteiger partial charge in [0, 0.05) is 12.8 Å². The Morgan fingerprint density at radius 3 is 0.904 bits per heavy atom. The predicted octanol–water partition coefficient (Wildman–Crippen LogP) is 14.8. The highest BCUT2D eigenvalue weighted by Gasteiger charge is 2.16. The molecule has 0 aliphatic rings. The summed E-state index contributed by atoms with van der Waals surface area (Å²) in [5, 5.41) is 9.60. The highest BCUT2D eigenvalue weighted by Crippen LogP contribution is 2.17. The van der Waals surface area contributed by atoms with Crippen LogP contribution in [-0.4, -0.2) is 36.4 Å². The summed E-state index contributed by atoms with van der Waals surface area (Å²) in [5.41, 5.74) is 0. The van der Waals surface area contributed by atoms with Gasteiger partial charge in [0.1, 0.15) is 6.61 Å². The maximum atomic E-state index is 12.2. The third-order valence-corrected chi connectivity index (χ3v) is 10.8. The van der Waals surface area contributed by atoms with E-state index in [2.05, 4.69) is 27.7 Å². The fraction of sp³-hybridized carbons (Fsp3) is 0.957. The molecule has 0 saturated carbocycles. The van der Waals surface area contributed by atoms with Crippen molar-refractivity contribution in [1.82, 2.24) is 0 Å². The van der Waals surface area contributed by atoms with Crippen LogP contribution in [-0.2, 0) is 19.1 Å². The summed E-state index contributed by atoms with van der Waals surface area (Å²) >= 11 is 0. The van der Waals surface area contributed by atoms with E-state index in [4.69, 9.17) is 9.47 Å². The smallest absolute Gasteiger partial charge is 0.306 e. The number of aliphatic hydroxyl groups excluding tert-OH is 1. The first-order chi connectivity index (χ1) is 25.3. The molecule has 0 spiro atoms. The number of carbonyl (C=O) groups is 2. The second kappa shape index (κ2) is 41.1. The van der Waals surface area contributed by atoms with Gasteiger partial charge in [-0.15, -0.1) is 0 Å². The third-order valence-electron chi connectivity index (χ3n) is 10.8. The van der Waals surface area contributed by atoms with Gasteiger partial charge in [0.05, 0.1) is 6.61 Å². The van der Waals surface area contributed by atoms with E-state index in [-0.39, 0.29) is 25.2 Å². The van der Waals surface area contributed by atoms with Crippen LogP contribution in [0.1, 0.15) is 259 Å². The van der Waals surface area contributed by atoms with Crippen molar-refractivity contribution >= 4 is 11.9 Å². The van der Waals surface area contributed by atoms with Crippen molar-refractivity contribution in [3.8, 4) is 0 Å². The number of unbranched alkanes of at least 4 members (excludes halogenated alkanes) is 30. The van der Waals surface area contributed by atoms with Gasteiger partial charge in [0.2, 0.25) is 0 Å². The van der Waals surface area contributed by atoms with Crippen molar-refractivity contribution in [3.63, 3.8) is 0 Å². The number of carbonyl (C=O) groups excluding carboxylic acids is 2. The van der Waals surface area contributed by atoms with Crippen LogP contribution < -0.4 is 0 Å². The number of hydrogen-bond acceptors (Lipinski definition) is 5. The minimum absolute atomic E-state index is 0.0575. The molecule has 5 nitrogen and oxygen atoms in total. The lowest BCUT2D eigenvalue weighted by Gasteiger charge is -2.15. The van der Waals surface area contributed by atoms with E-state index in [1.165, 1.54) is 186 Å². The first kappa shape index (κ1) is 50.9. The van der Waals surface area contributed by atoms with E-state index in [1.54, 1.807) is 0 Å². The zero-order chi connectivity index (χ0) is 38.2. The summed E-state index contributed by atoms with van der Waals surface area (Å²) in [6.07, 6.45) is 44.7. The standard InChI is InChI=1S/C47H92O5/c1-43(2)37-33-29-25-21-17-13-9-7-5-6-8-10-15-19-23-27-31-35-39-46(49)51-42-45(41-48)52-47(50)40-36-32-28-24-20-16-12-11-14-18-22-26-30-34-38-44(3)4/h43-45,48H,5-42H2,1-4H3/t45-/m0/s1. The van der Waals surface area contributed by atoms with Crippen LogP contribution in [0.15, 0.2) is 0 Å². The molecule has 0 heterocycles. The Bertz CT molecular complexity index is 735. The van der Waals surface area contributed by atoms with Gasteiger partial charge in [-0.3, -0.25) is 9.59 Å². The summed E-state index contributed by atoms with van der Waals surface area (Å²) in [7, 11) is 0. The van der Waals surface area contributed by atoms with Crippen molar-refractivity contribution in [3.05, 3.63) is 0 Å². The molecule has 0 bridgehead atoms. The quantitative estimate of drug-likeness (QED) is 0.0499. The molecule has 0 fully saturated rings. The molecule has 0 unspecified atom stereocenters. The molecule has 0 radical (unpaired) electrons. The van der Waals surface area contributed by atoms with E-state index in [9.17, 15) is 14.7 Å². The van der Waals surface area contributed by atoms with Gasteiger partial charge in [-0.05, 0) is 24.7 Å². The Morgan fingerprint density at radius 2 is 0.635 bits per heavy atom. The zero-order valence-electron chi connectivity index (χ0n) is 35.7. The summed E-state index contributed by atoms with van der Waals surface area (Å²) in [4.78, 5) is 24.4. The first-order valence-corrected chi connectivity index (χ1v) is 23.3. The summed E-state index contributed by atoms with van der Waals surface area (Å²) in [5.74, 6) is 1.14. The van der Waals surface area contributed by atoms with Crippen molar-refractivity contribution in [2.75, 3.05) is 13.2 Å². The minimum atomic E-state index is -0.763. The topological polar surface area (TPSA) is 72.8 Å². The molecular formula is C47H92O5. The Labute approximate surface area is 325 Å². The normalized spacial score (nSPS) is 12.2. The van der Waals surface area contributed by atoms with Gasteiger partial charge >= 0.3 is 11.9 Å². The Morgan fingerprint density at radius 1 is 0.385 bits per heavy atom. The molecule has 0 aromatic carbocycles. The van der Waals surface area contributed by atoms with Gasteiger partial charge in [-0.2, -0.15) is 0 Å². The van der Waals surface area contributed by atoms with E-state index in [1.807, 2.05) is 0 Å². The number of aliphatic hydroxyl groups is 1. The molecule has 0 aliphatic carbocycles. The monoisotopic (exact) mass is 737 g/mol. The summed E-state index contributed by atoms with van der Waals surface area (Å²) in [6.45, 7) is 8.91. The fourth-order valence-electron chi connectivity index (χ4n) is 7.22. The largest absolute Gasteiger partial charge is 0.462 e. The third kappa shape index (κ3) is 41.7. The van der Waals surface area contributed by atoms with Crippen LogP contribution in [0.25, 0.3) is 0 Å². The van der Waals surface area contributed by atoms with Crippen molar-refractivity contribution < 1.29 is 24.2 Å². The average molecular weight is 737 g/mol. The van der Waals surface area contributed by atoms with E-state index < -0.39 is 6.10 Å². The first-order valence-electron chi connectivity index (χ1n) is 23.3. The van der Waals surface area contributed by atoms with E-state index in [0.29, 0.717) is 12.8 Å². The lowest BCUT2D eigenvalue weighted by molar-refractivity contribution is -0.161. The average Bonchev–Trinajstić information content (AvgIpc) is 3.12.